The molecule has 0 aliphatic carbocycles. The van der Waals surface area contributed by atoms with Crippen LogP contribution in [0.4, 0.5) is 0 Å². The Labute approximate surface area is 148 Å². The number of nitrogens with one attached hydrogen (secondary N) is 1. The highest BCUT2D eigenvalue weighted by molar-refractivity contribution is 7.99. The molecule has 1 heterocycles. The summed E-state index contributed by atoms with van der Waals surface area (Å²) in [5, 5.41) is 3.69. The van der Waals surface area contributed by atoms with Crippen molar-refractivity contribution in [3.05, 3.63) is 60.2 Å². The topological polar surface area (TPSA) is 30.5 Å². The summed E-state index contributed by atoms with van der Waals surface area (Å²) in [4.78, 5) is 1.17. The molecule has 24 heavy (non-hydrogen) atoms. The van der Waals surface area contributed by atoms with Gasteiger partial charge in [0.05, 0.1) is 29.5 Å². The fraction of sp³-hybridized carbons (Fsp3) is 0.400. The molecule has 0 radical (unpaired) electrons. The van der Waals surface area contributed by atoms with Crippen LogP contribution in [0.1, 0.15) is 24.2 Å². The van der Waals surface area contributed by atoms with Crippen LogP contribution in [0, 0.1) is 0 Å². The van der Waals surface area contributed by atoms with Gasteiger partial charge in [0, 0.05) is 13.1 Å². The van der Waals surface area contributed by atoms with E-state index < -0.39 is 0 Å². The third-order valence-corrected chi connectivity index (χ3v) is 5.41. The number of para-hydroxylation sites is 1. The first-order chi connectivity index (χ1) is 11.9. The zero-order chi connectivity index (χ0) is 16.6. The molecule has 0 saturated carbocycles. The first-order valence-electron chi connectivity index (χ1n) is 8.64. The molecule has 3 nitrogen and oxygen atoms in total. The van der Waals surface area contributed by atoms with Gasteiger partial charge >= 0.3 is 0 Å². The summed E-state index contributed by atoms with van der Waals surface area (Å²) in [7, 11) is 0. The van der Waals surface area contributed by atoms with Gasteiger partial charge in [-0.05, 0) is 24.1 Å². The van der Waals surface area contributed by atoms with Gasteiger partial charge in [-0.25, -0.2) is 0 Å². The Morgan fingerprint density at radius 3 is 2.71 bits per heavy atom. The maximum absolute atomic E-state index is 6.06. The largest absolute Gasteiger partial charge is 0.492 e. The maximum Gasteiger partial charge on any atom is 0.132 e. The molecular weight excluding hydrogens is 318 g/mol. The average Bonchev–Trinajstić information content (AvgIpc) is 2.66. The summed E-state index contributed by atoms with van der Waals surface area (Å²) in [6.07, 6.45) is 1.17. The summed E-state index contributed by atoms with van der Waals surface area (Å²) in [5.74, 6) is 0.967. The number of morpholine rings is 1. The monoisotopic (exact) mass is 343 g/mol. The third kappa shape index (κ3) is 4.53. The second-order valence-electron chi connectivity index (χ2n) is 5.86. The standard InChI is InChI=1S/C20H25NO2S/c1-2-13-22-17-10-6-7-11-19(17)24-20(16-8-4-3-5-9-16)18-15-21-12-14-23-18/h3-11,18,20-21H,2,12-15H2,1H3/t18-,20?/m0/s1. The Morgan fingerprint density at radius 2 is 1.96 bits per heavy atom. The minimum absolute atomic E-state index is 0.158. The zero-order valence-electron chi connectivity index (χ0n) is 14.1. The molecule has 2 aromatic rings. The molecule has 0 aromatic heterocycles. The summed E-state index contributed by atoms with van der Waals surface area (Å²) < 4.78 is 12.0. The third-order valence-electron chi connectivity index (χ3n) is 3.99. The van der Waals surface area contributed by atoms with Gasteiger partial charge < -0.3 is 14.8 Å². The number of ether oxygens (including phenoxy) is 2. The van der Waals surface area contributed by atoms with Crippen molar-refractivity contribution < 1.29 is 9.47 Å². The van der Waals surface area contributed by atoms with Crippen molar-refractivity contribution in [2.45, 2.75) is 29.6 Å². The smallest absolute Gasteiger partial charge is 0.132 e. The van der Waals surface area contributed by atoms with E-state index in [4.69, 9.17) is 9.47 Å². The highest BCUT2D eigenvalue weighted by Gasteiger charge is 2.27. The Balaban J connectivity index is 1.84. The van der Waals surface area contributed by atoms with E-state index in [0.29, 0.717) is 0 Å². The lowest BCUT2D eigenvalue weighted by Crippen LogP contribution is -2.41. The van der Waals surface area contributed by atoms with E-state index in [1.54, 1.807) is 0 Å². The maximum atomic E-state index is 6.06. The summed E-state index contributed by atoms with van der Waals surface area (Å²) >= 11 is 1.84. The van der Waals surface area contributed by atoms with Crippen molar-refractivity contribution in [3.63, 3.8) is 0 Å². The molecule has 1 saturated heterocycles. The fourth-order valence-electron chi connectivity index (χ4n) is 2.80. The lowest BCUT2D eigenvalue weighted by atomic mass is 10.1. The van der Waals surface area contributed by atoms with Gasteiger partial charge in [-0.15, -0.1) is 11.8 Å². The Bertz CT molecular complexity index is 614. The van der Waals surface area contributed by atoms with Crippen LogP contribution in [-0.4, -0.2) is 32.4 Å². The number of benzene rings is 2. The van der Waals surface area contributed by atoms with E-state index in [-0.39, 0.29) is 11.4 Å². The van der Waals surface area contributed by atoms with E-state index in [1.165, 1.54) is 10.5 Å². The van der Waals surface area contributed by atoms with Gasteiger partial charge in [-0.3, -0.25) is 0 Å². The van der Waals surface area contributed by atoms with Crippen LogP contribution < -0.4 is 10.1 Å². The van der Waals surface area contributed by atoms with Crippen molar-refractivity contribution in [2.75, 3.05) is 26.3 Å². The molecule has 1 unspecified atom stereocenters. The summed E-state index contributed by atoms with van der Waals surface area (Å²) in [5.41, 5.74) is 1.29. The molecule has 0 amide bonds. The average molecular weight is 343 g/mol. The molecule has 2 aromatic carbocycles. The van der Waals surface area contributed by atoms with Crippen molar-refractivity contribution in [2.24, 2.45) is 0 Å². The molecule has 128 valence electrons. The van der Waals surface area contributed by atoms with Crippen LogP contribution in [0.5, 0.6) is 5.75 Å². The van der Waals surface area contributed by atoms with Crippen LogP contribution in [0.3, 0.4) is 0 Å². The minimum Gasteiger partial charge on any atom is -0.492 e. The SMILES string of the molecule is CCCOc1ccccc1SC(c1ccccc1)[C@@H]1CNCCO1. The molecule has 4 heteroatoms. The molecule has 3 rings (SSSR count). The van der Waals surface area contributed by atoms with Crippen LogP contribution in [-0.2, 0) is 4.74 Å². The van der Waals surface area contributed by atoms with Gasteiger partial charge in [-0.1, -0.05) is 49.4 Å². The predicted octanol–water partition coefficient (Wildman–Crippen LogP) is 4.30. The van der Waals surface area contributed by atoms with Gasteiger partial charge in [0.25, 0.3) is 0 Å². The second kappa shape index (κ2) is 9.11. The number of thioether (sulfide) groups is 1. The second-order valence-corrected chi connectivity index (χ2v) is 7.04. The van der Waals surface area contributed by atoms with Crippen LogP contribution >= 0.6 is 11.8 Å². The Hall–Kier alpha value is -1.49. The van der Waals surface area contributed by atoms with E-state index >= 15 is 0 Å². The van der Waals surface area contributed by atoms with Gasteiger partial charge in [0.1, 0.15) is 5.75 Å². The van der Waals surface area contributed by atoms with Crippen molar-refractivity contribution in [3.8, 4) is 5.75 Å². The van der Waals surface area contributed by atoms with Crippen LogP contribution in [0.2, 0.25) is 0 Å². The van der Waals surface area contributed by atoms with Crippen molar-refractivity contribution in [1.29, 1.82) is 0 Å². The molecule has 0 bridgehead atoms. The molecule has 1 aliphatic rings. The summed E-state index contributed by atoms with van der Waals surface area (Å²) in [6.45, 7) is 5.45. The molecule has 1 N–H and O–H groups in total. The molecule has 0 spiro atoms. The lowest BCUT2D eigenvalue weighted by molar-refractivity contribution is 0.0273. The first-order valence-corrected chi connectivity index (χ1v) is 9.52. The van der Waals surface area contributed by atoms with E-state index in [0.717, 1.165) is 38.5 Å². The molecule has 1 fully saturated rings. The fourth-order valence-corrected chi connectivity index (χ4v) is 4.09. The molecular formula is C20H25NO2S. The number of rotatable bonds is 7. The highest BCUT2D eigenvalue weighted by atomic mass is 32.2. The number of hydrogen-bond acceptors (Lipinski definition) is 4. The van der Waals surface area contributed by atoms with Crippen molar-refractivity contribution >= 4 is 11.8 Å². The minimum atomic E-state index is 0.158. The Kier molecular flexibility index (Phi) is 6.58. The van der Waals surface area contributed by atoms with Gasteiger partial charge in [0.15, 0.2) is 0 Å². The van der Waals surface area contributed by atoms with E-state index in [2.05, 4.69) is 60.8 Å². The van der Waals surface area contributed by atoms with Gasteiger partial charge in [0.2, 0.25) is 0 Å². The predicted molar refractivity (Wildman–Crippen MR) is 99.9 cm³/mol. The lowest BCUT2D eigenvalue weighted by Gasteiger charge is -2.31. The highest BCUT2D eigenvalue weighted by Crippen LogP contribution is 2.43. The van der Waals surface area contributed by atoms with Gasteiger partial charge in [-0.2, -0.15) is 0 Å². The molecule has 1 aliphatic heterocycles. The quantitative estimate of drug-likeness (QED) is 0.760. The first kappa shape index (κ1) is 17.3. The van der Waals surface area contributed by atoms with Crippen LogP contribution in [0.15, 0.2) is 59.5 Å². The number of hydrogen-bond donors (Lipinski definition) is 1. The molecule has 2 atom stereocenters. The van der Waals surface area contributed by atoms with E-state index in [1.807, 2.05) is 17.8 Å². The van der Waals surface area contributed by atoms with Crippen molar-refractivity contribution in [1.82, 2.24) is 5.32 Å². The van der Waals surface area contributed by atoms with Crippen LogP contribution in [0.25, 0.3) is 0 Å². The van der Waals surface area contributed by atoms with E-state index in [9.17, 15) is 0 Å². The summed E-state index contributed by atoms with van der Waals surface area (Å²) in [6, 6.07) is 18.9. The zero-order valence-corrected chi connectivity index (χ0v) is 14.9. The normalized spacial score (nSPS) is 19.0. The Morgan fingerprint density at radius 1 is 1.17 bits per heavy atom.